The summed E-state index contributed by atoms with van der Waals surface area (Å²) < 4.78 is 11.9. The first kappa shape index (κ1) is 34.4. The summed E-state index contributed by atoms with van der Waals surface area (Å²) in [6.45, 7) is 13.3. The molecule has 4 aliphatic carbocycles. The first-order chi connectivity index (χ1) is 21.6. The SMILES string of the molecule is CC(C)CCC[C@@H](C)[C@H]1CC[C@H]2[C@@H]3CC=C4C[C@@H](OC(=O)CCCCCCCOc5cccc(N)c5)CC[C@]4(C)[C@H]3CC[C@]12C. The summed E-state index contributed by atoms with van der Waals surface area (Å²) >= 11 is 0. The van der Waals surface area contributed by atoms with E-state index in [2.05, 4.69) is 40.7 Å². The highest BCUT2D eigenvalue weighted by molar-refractivity contribution is 5.69. The number of nitrogen functional groups attached to an aromatic ring is 1. The Labute approximate surface area is 275 Å². The van der Waals surface area contributed by atoms with Gasteiger partial charge in [-0.05, 0) is 116 Å². The first-order valence-corrected chi connectivity index (χ1v) is 19.0. The number of nitrogens with two attached hydrogens (primary N) is 1. The summed E-state index contributed by atoms with van der Waals surface area (Å²) in [5.41, 5.74) is 9.01. The maximum absolute atomic E-state index is 12.8. The molecule has 8 atom stereocenters. The third-order valence-electron chi connectivity index (χ3n) is 13.2. The Kier molecular flexibility index (Phi) is 11.7. The average Bonchev–Trinajstić information content (AvgIpc) is 3.36. The molecule has 0 spiro atoms. The lowest BCUT2D eigenvalue weighted by Crippen LogP contribution is -2.51. The smallest absolute Gasteiger partial charge is 0.306 e. The third-order valence-corrected chi connectivity index (χ3v) is 13.2. The highest BCUT2D eigenvalue weighted by atomic mass is 16.5. The van der Waals surface area contributed by atoms with Gasteiger partial charge in [-0.2, -0.15) is 0 Å². The number of hydrogen-bond donors (Lipinski definition) is 1. The molecule has 0 unspecified atom stereocenters. The molecule has 2 N–H and O–H groups in total. The Morgan fingerprint density at radius 2 is 1.73 bits per heavy atom. The minimum Gasteiger partial charge on any atom is -0.494 e. The molecule has 1 aromatic carbocycles. The number of hydrogen-bond acceptors (Lipinski definition) is 4. The second-order valence-corrected chi connectivity index (χ2v) is 16.6. The number of carbonyl (C=O) groups excluding carboxylic acids is 1. The van der Waals surface area contributed by atoms with E-state index in [0.29, 0.717) is 23.9 Å². The van der Waals surface area contributed by atoms with Crippen LogP contribution in [0, 0.1) is 46.3 Å². The monoisotopic (exact) mass is 619 g/mol. The van der Waals surface area contributed by atoms with Crippen LogP contribution in [0.5, 0.6) is 5.75 Å². The Morgan fingerprint density at radius 3 is 2.53 bits per heavy atom. The Bertz CT molecular complexity index is 1140. The van der Waals surface area contributed by atoms with E-state index in [1.165, 1.54) is 57.8 Å². The summed E-state index contributed by atoms with van der Waals surface area (Å²) in [5.74, 6) is 6.03. The van der Waals surface area contributed by atoms with E-state index >= 15 is 0 Å². The van der Waals surface area contributed by atoms with Crippen molar-refractivity contribution < 1.29 is 14.3 Å². The van der Waals surface area contributed by atoms with Crippen LogP contribution in [0.1, 0.15) is 144 Å². The van der Waals surface area contributed by atoms with Crippen LogP contribution in [0.2, 0.25) is 0 Å². The third kappa shape index (κ3) is 8.13. The van der Waals surface area contributed by atoms with E-state index in [4.69, 9.17) is 15.2 Å². The number of esters is 1. The second kappa shape index (κ2) is 15.3. The van der Waals surface area contributed by atoms with Gasteiger partial charge in [0, 0.05) is 24.6 Å². The van der Waals surface area contributed by atoms with Crippen molar-refractivity contribution >= 4 is 11.7 Å². The van der Waals surface area contributed by atoms with E-state index < -0.39 is 0 Å². The van der Waals surface area contributed by atoms with Crippen LogP contribution in [-0.2, 0) is 9.53 Å². The van der Waals surface area contributed by atoms with Crippen molar-refractivity contribution in [3.63, 3.8) is 0 Å². The van der Waals surface area contributed by atoms with Crippen molar-refractivity contribution in [2.24, 2.45) is 46.3 Å². The molecule has 0 bridgehead atoms. The molecule has 4 aliphatic rings. The number of allylic oxidation sites excluding steroid dienone is 1. The van der Waals surface area contributed by atoms with Gasteiger partial charge in [0.05, 0.1) is 6.61 Å². The highest BCUT2D eigenvalue weighted by Gasteiger charge is 2.59. The molecule has 3 fully saturated rings. The molecular weight excluding hydrogens is 554 g/mol. The zero-order valence-corrected chi connectivity index (χ0v) is 29.5. The molecule has 0 radical (unpaired) electrons. The van der Waals surface area contributed by atoms with Crippen LogP contribution < -0.4 is 10.5 Å². The topological polar surface area (TPSA) is 61.5 Å². The minimum absolute atomic E-state index is 0.0100. The van der Waals surface area contributed by atoms with Gasteiger partial charge in [-0.3, -0.25) is 4.79 Å². The van der Waals surface area contributed by atoms with Crippen LogP contribution in [0.25, 0.3) is 0 Å². The molecule has 4 heteroatoms. The Morgan fingerprint density at radius 1 is 0.933 bits per heavy atom. The zero-order chi connectivity index (χ0) is 32.0. The predicted octanol–water partition coefficient (Wildman–Crippen LogP) is 10.9. The second-order valence-electron chi connectivity index (χ2n) is 16.6. The zero-order valence-electron chi connectivity index (χ0n) is 29.5. The molecule has 0 saturated heterocycles. The maximum Gasteiger partial charge on any atom is 0.306 e. The molecule has 0 amide bonds. The van der Waals surface area contributed by atoms with Gasteiger partial charge in [-0.1, -0.05) is 90.9 Å². The average molecular weight is 620 g/mol. The summed E-state index contributed by atoms with van der Waals surface area (Å²) in [6.07, 6.45) is 22.9. The fraction of sp³-hybridized carbons (Fsp3) is 0.780. The molecule has 0 aliphatic heterocycles. The van der Waals surface area contributed by atoms with Crippen LogP contribution >= 0.6 is 0 Å². The van der Waals surface area contributed by atoms with E-state index in [9.17, 15) is 4.79 Å². The minimum atomic E-state index is 0.0100. The number of rotatable bonds is 15. The van der Waals surface area contributed by atoms with Crippen molar-refractivity contribution in [1.82, 2.24) is 0 Å². The van der Waals surface area contributed by atoms with Crippen molar-refractivity contribution in [3.8, 4) is 5.75 Å². The van der Waals surface area contributed by atoms with Gasteiger partial charge in [0.25, 0.3) is 0 Å². The maximum atomic E-state index is 12.8. The first-order valence-electron chi connectivity index (χ1n) is 19.0. The highest BCUT2D eigenvalue weighted by Crippen LogP contribution is 2.67. The van der Waals surface area contributed by atoms with Crippen molar-refractivity contribution in [2.75, 3.05) is 12.3 Å². The molecule has 1 aromatic rings. The number of ether oxygens (including phenoxy) is 2. The van der Waals surface area contributed by atoms with E-state index in [-0.39, 0.29) is 12.1 Å². The Hall–Kier alpha value is -1.97. The number of fused-ring (bicyclic) bond motifs is 5. The molecule has 4 nitrogen and oxygen atoms in total. The van der Waals surface area contributed by atoms with Crippen LogP contribution in [-0.4, -0.2) is 18.7 Å². The summed E-state index contributed by atoms with van der Waals surface area (Å²) in [5, 5.41) is 0. The van der Waals surface area contributed by atoms with Gasteiger partial charge in [0.15, 0.2) is 0 Å². The number of carbonyl (C=O) groups is 1. The van der Waals surface area contributed by atoms with Gasteiger partial charge >= 0.3 is 5.97 Å². The van der Waals surface area contributed by atoms with Gasteiger partial charge in [0.2, 0.25) is 0 Å². The van der Waals surface area contributed by atoms with Gasteiger partial charge in [-0.15, -0.1) is 0 Å². The predicted molar refractivity (Wildman–Crippen MR) is 187 cm³/mol. The standard InChI is InChI=1S/C41H65NO3/c1-29(2)13-11-14-30(3)36-20-21-37-35-19-18-31-27-34(22-24-40(31,4)38(35)23-25-41(36,37)5)45-39(43)17-9-7-6-8-10-26-44-33-16-12-15-32(42)28-33/h12,15-16,18,28-30,34-38H,6-11,13-14,17,19-27,42H2,1-5H3/t30-,34+,35+,36-,37+,38+,40+,41-/m1/s1. The number of benzene rings is 1. The van der Waals surface area contributed by atoms with Gasteiger partial charge < -0.3 is 15.2 Å². The van der Waals surface area contributed by atoms with Crippen molar-refractivity contribution in [1.29, 1.82) is 0 Å². The summed E-state index contributed by atoms with van der Waals surface area (Å²) in [6, 6.07) is 7.60. The molecule has 0 heterocycles. The number of anilines is 1. The summed E-state index contributed by atoms with van der Waals surface area (Å²) in [4.78, 5) is 12.8. The lowest BCUT2D eigenvalue weighted by atomic mass is 9.47. The van der Waals surface area contributed by atoms with Gasteiger partial charge in [0.1, 0.15) is 11.9 Å². The quantitative estimate of drug-likeness (QED) is 0.0918. The molecular formula is C41H65NO3. The lowest BCUT2D eigenvalue weighted by Gasteiger charge is -2.58. The van der Waals surface area contributed by atoms with Crippen LogP contribution in [0.15, 0.2) is 35.9 Å². The fourth-order valence-corrected chi connectivity index (χ4v) is 10.7. The van der Waals surface area contributed by atoms with E-state index in [1.807, 2.05) is 24.3 Å². The van der Waals surface area contributed by atoms with Crippen molar-refractivity contribution in [3.05, 3.63) is 35.9 Å². The summed E-state index contributed by atoms with van der Waals surface area (Å²) in [7, 11) is 0. The van der Waals surface area contributed by atoms with E-state index in [1.54, 1.807) is 5.57 Å². The van der Waals surface area contributed by atoms with Crippen LogP contribution in [0.3, 0.4) is 0 Å². The normalized spacial score (nSPS) is 33.1. The van der Waals surface area contributed by atoms with Gasteiger partial charge in [-0.25, -0.2) is 0 Å². The fourth-order valence-electron chi connectivity index (χ4n) is 10.7. The van der Waals surface area contributed by atoms with Crippen molar-refractivity contribution in [2.45, 2.75) is 150 Å². The van der Waals surface area contributed by atoms with E-state index in [0.717, 1.165) is 91.9 Å². The Balaban J connectivity index is 1.03. The molecule has 252 valence electrons. The molecule has 45 heavy (non-hydrogen) atoms. The largest absolute Gasteiger partial charge is 0.494 e. The molecule has 0 aromatic heterocycles. The number of unbranched alkanes of at least 4 members (excludes halogenated alkanes) is 4. The van der Waals surface area contributed by atoms with Crippen LogP contribution in [0.4, 0.5) is 5.69 Å². The molecule has 5 rings (SSSR count). The lowest BCUT2D eigenvalue weighted by molar-refractivity contribution is -0.151. The molecule has 3 saturated carbocycles.